The summed E-state index contributed by atoms with van der Waals surface area (Å²) in [6.07, 6.45) is -0.686. The minimum absolute atomic E-state index is 0.186. The summed E-state index contributed by atoms with van der Waals surface area (Å²) in [5, 5.41) is 3.43. The first-order chi connectivity index (χ1) is 11.6. The van der Waals surface area contributed by atoms with E-state index < -0.39 is 6.10 Å². The second-order valence-corrected chi connectivity index (χ2v) is 6.75. The van der Waals surface area contributed by atoms with Crippen molar-refractivity contribution in [3.63, 3.8) is 0 Å². The molecule has 1 aliphatic heterocycles. The molecule has 3 aromatic rings. The Morgan fingerprint density at radius 1 is 1.17 bits per heavy atom. The Bertz CT molecular complexity index is 896. The Morgan fingerprint density at radius 2 is 1.92 bits per heavy atom. The molecule has 0 saturated carbocycles. The normalized spacial score (nSPS) is 16.2. The maximum Gasteiger partial charge on any atom is 0.270 e. The first-order valence-corrected chi connectivity index (χ1v) is 8.49. The molecular weight excluding hydrogens is 324 g/mol. The van der Waals surface area contributed by atoms with Gasteiger partial charge in [-0.15, -0.1) is 0 Å². The molecule has 1 N–H and O–H groups in total. The van der Waals surface area contributed by atoms with E-state index in [0.717, 1.165) is 21.3 Å². The van der Waals surface area contributed by atoms with E-state index in [1.54, 1.807) is 6.07 Å². The zero-order chi connectivity index (χ0) is 16.7. The molecule has 0 unspecified atom stereocenters. The fourth-order valence-electron chi connectivity index (χ4n) is 2.65. The fraction of sp³-hybridized carbons (Fsp3) is 0.222. The summed E-state index contributed by atoms with van der Waals surface area (Å²) in [7, 11) is 0. The van der Waals surface area contributed by atoms with Crippen molar-refractivity contribution in [2.45, 2.75) is 20.0 Å². The van der Waals surface area contributed by atoms with Crippen LogP contribution < -0.4 is 14.8 Å². The molecule has 24 heavy (non-hydrogen) atoms. The number of ether oxygens (including phenoxy) is 2. The van der Waals surface area contributed by atoms with Crippen LogP contribution in [0.5, 0.6) is 11.5 Å². The standard InChI is InChI=1S/C18H16N2O3S/c1-10-7-8-11(2)16-15(10)19-18(24-16)20-17(21)14-9-22-12-5-3-4-6-13(12)23-14/h3-8,14H,9H2,1-2H3,(H,19,20,21)/t14-/m0/s1. The van der Waals surface area contributed by atoms with Crippen molar-refractivity contribution in [2.75, 3.05) is 11.9 Å². The van der Waals surface area contributed by atoms with E-state index in [4.69, 9.17) is 9.47 Å². The summed E-state index contributed by atoms with van der Waals surface area (Å²) in [5.41, 5.74) is 3.18. The highest BCUT2D eigenvalue weighted by atomic mass is 32.1. The zero-order valence-electron chi connectivity index (χ0n) is 13.3. The number of anilines is 1. The summed E-state index contributed by atoms with van der Waals surface area (Å²) in [5.74, 6) is 0.992. The summed E-state index contributed by atoms with van der Waals surface area (Å²) in [6, 6.07) is 11.4. The average Bonchev–Trinajstić information content (AvgIpc) is 3.03. The van der Waals surface area contributed by atoms with Crippen LogP contribution in [0.15, 0.2) is 36.4 Å². The number of nitrogens with zero attached hydrogens (tertiary/aromatic N) is 1. The van der Waals surface area contributed by atoms with Crippen LogP contribution in [0, 0.1) is 13.8 Å². The number of rotatable bonds is 2. The molecule has 122 valence electrons. The lowest BCUT2D eigenvalue weighted by Gasteiger charge is -2.25. The van der Waals surface area contributed by atoms with Crippen LogP contribution in [0.3, 0.4) is 0 Å². The van der Waals surface area contributed by atoms with E-state index in [0.29, 0.717) is 16.6 Å². The second kappa shape index (κ2) is 5.79. The van der Waals surface area contributed by atoms with Crippen LogP contribution in [-0.4, -0.2) is 23.6 Å². The number of benzene rings is 2. The number of amides is 1. The second-order valence-electron chi connectivity index (χ2n) is 5.75. The SMILES string of the molecule is Cc1ccc(C)c2sc(NC(=O)[C@@H]3COc4ccccc4O3)nc12. The van der Waals surface area contributed by atoms with Gasteiger partial charge in [0.2, 0.25) is 6.10 Å². The largest absolute Gasteiger partial charge is 0.485 e. The van der Waals surface area contributed by atoms with Gasteiger partial charge >= 0.3 is 0 Å². The molecule has 0 fully saturated rings. The molecule has 5 nitrogen and oxygen atoms in total. The highest BCUT2D eigenvalue weighted by Crippen LogP contribution is 2.33. The number of para-hydroxylation sites is 2. The van der Waals surface area contributed by atoms with Gasteiger partial charge in [0.1, 0.15) is 6.61 Å². The third-order valence-electron chi connectivity index (χ3n) is 3.97. The third kappa shape index (κ3) is 2.59. The predicted octanol–water partition coefficient (Wildman–Crippen LogP) is 3.69. The maximum atomic E-state index is 12.5. The quantitative estimate of drug-likeness (QED) is 0.773. The van der Waals surface area contributed by atoms with Gasteiger partial charge in [0.15, 0.2) is 16.6 Å². The smallest absolute Gasteiger partial charge is 0.270 e. The van der Waals surface area contributed by atoms with E-state index in [9.17, 15) is 4.79 Å². The van der Waals surface area contributed by atoms with E-state index in [1.165, 1.54) is 11.3 Å². The number of aromatic nitrogens is 1. The monoisotopic (exact) mass is 340 g/mol. The minimum Gasteiger partial charge on any atom is -0.485 e. The Balaban J connectivity index is 1.55. The zero-order valence-corrected chi connectivity index (χ0v) is 14.1. The highest BCUT2D eigenvalue weighted by molar-refractivity contribution is 7.22. The number of hydrogen-bond acceptors (Lipinski definition) is 5. The molecule has 4 rings (SSSR count). The van der Waals surface area contributed by atoms with Gasteiger partial charge in [0.05, 0.1) is 10.2 Å². The Morgan fingerprint density at radius 3 is 2.71 bits per heavy atom. The number of thiazole rings is 1. The lowest BCUT2D eigenvalue weighted by molar-refractivity contribution is -0.125. The van der Waals surface area contributed by atoms with E-state index in [-0.39, 0.29) is 12.5 Å². The van der Waals surface area contributed by atoms with Crippen LogP contribution in [0.4, 0.5) is 5.13 Å². The van der Waals surface area contributed by atoms with Crippen LogP contribution in [0.25, 0.3) is 10.2 Å². The van der Waals surface area contributed by atoms with Crippen molar-refractivity contribution >= 4 is 32.6 Å². The number of carbonyl (C=O) groups is 1. The van der Waals surface area contributed by atoms with E-state index in [1.807, 2.05) is 38.1 Å². The highest BCUT2D eigenvalue weighted by Gasteiger charge is 2.28. The van der Waals surface area contributed by atoms with Gasteiger partial charge in [-0.25, -0.2) is 4.98 Å². The molecule has 0 saturated heterocycles. The predicted molar refractivity (Wildman–Crippen MR) is 94.1 cm³/mol. The lowest BCUT2D eigenvalue weighted by Crippen LogP contribution is -2.40. The number of fused-ring (bicyclic) bond motifs is 2. The number of nitrogens with one attached hydrogen (secondary N) is 1. The number of carbonyl (C=O) groups excluding carboxylic acids is 1. The fourth-order valence-corrected chi connectivity index (χ4v) is 3.66. The van der Waals surface area contributed by atoms with Crippen molar-refractivity contribution < 1.29 is 14.3 Å². The van der Waals surface area contributed by atoms with Crippen LogP contribution in [0.2, 0.25) is 0 Å². The summed E-state index contributed by atoms with van der Waals surface area (Å²) in [4.78, 5) is 17.0. The Labute approximate surface area is 143 Å². The van der Waals surface area contributed by atoms with Gasteiger partial charge in [0.25, 0.3) is 5.91 Å². The Hall–Kier alpha value is -2.60. The van der Waals surface area contributed by atoms with Crippen LogP contribution >= 0.6 is 11.3 Å². The van der Waals surface area contributed by atoms with E-state index >= 15 is 0 Å². The summed E-state index contributed by atoms with van der Waals surface area (Å²) >= 11 is 1.48. The van der Waals surface area contributed by atoms with Gasteiger partial charge in [0, 0.05) is 0 Å². The van der Waals surface area contributed by atoms with Gasteiger partial charge in [-0.05, 0) is 37.1 Å². The third-order valence-corrected chi connectivity index (χ3v) is 5.08. The molecule has 2 aromatic carbocycles. The first kappa shape index (κ1) is 15.0. The molecule has 1 aliphatic rings. The van der Waals surface area contributed by atoms with Crippen molar-refractivity contribution in [1.82, 2.24) is 4.98 Å². The summed E-state index contributed by atoms with van der Waals surface area (Å²) in [6.45, 7) is 4.24. The average molecular weight is 340 g/mol. The van der Waals surface area contributed by atoms with Crippen molar-refractivity contribution in [3.05, 3.63) is 47.5 Å². The number of aryl methyl sites for hydroxylation is 2. The van der Waals surface area contributed by atoms with Gasteiger partial charge in [-0.2, -0.15) is 0 Å². The summed E-state index contributed by atoms with van der Waals surface area (Å²) < 4.78 is 12.4. The van der Waals surface area contributed by atoms with Crippen LogP contribution in [-0.2, 0) is 4.79 Å². The van der Waals surface area contributed by atoms with Crippen molar-refractivity contribution in [3.8, 4) is 11.5 Å². The lowest BCUT2D eigenvalue weighted by atomic mass is 10.1. The molecular formula is C18H16N2O3S. The molecule has 1 atom stereocenters. The maximum absolute atomic E-state index is 12.5. The molecule has 2 heterocycles. The minimum atomic E-state index is -0.686. The molecule has 6 heteroatoms. The van der Waals surface area contributed by atoms with Gasteiger partial charge in [-0.3, -0.25) is 10.1 Å². The van der Waals surface area contributed by atoms with Gasteiger partial charge in [-0.1, -0.05) is 35.6 Å². The van der Waals surface area contributed by atoms with Crippen molar-refractivity contribution in [1.29, 1.82) is 0 Å². The molecule has 0 radical (unpaired) electrons. The Kier molecular flexibility index (Phi) is 3.61. The van der Waals surface area contributed by atoms with Gasteiger partial charge < -0.3 is 9.47 Å². The molecule has 1 aromatic heterocycles. The molecule has 0 spiro atoms. The first-order valence-electron chi connectivity index (χ1n) is 7.68. The molecule has 1 amide bonds. The molecule has 0 aliphatic carbocycles. The topological polar surface area (TPSA) is 60.5 Å². The van der Waals surface area contributed by atoms with Crippen LogP contribution in [0.1, 0.15) is 11.1 Å². The molecule has 0 bridgehead atoms. The van der Waals surface area contributed by atoms with E-state index in [2.05, 4.69) is 16.4 Å². The van der Waals surface area contributed by atoms with Crippen molar-refractivity contribution in [2.24, 2.45) is 0 Å². The number of hydrogen-bond donors (Lipinski definition) is 1.